The molecule has 28 heavy (non-hydrogen) atoms. The number of hydrogen-bond donors (Lipinski definition) is 0. The lowest BCUT2D eigenvalue weighted by Gasteiger charge is -2.39. The van der Waals surface area contributed by atoms with Crippen LogP contribution in [0.4, 0.5) is 0 Å². The Morgan fingerprint density at radius 3 is 2.54 bits per heavy atom. The molecule has 0 radical (unpaired) electrons. The molecule has 2 rings (SSSR count). The zero-order valence-electron chi connectivity index (χ0n) is 17.7. The molecule has 1 saturated heterocycles. The van der Waals surface area contributed by atoms with Gasteiger partial charge in [0.05, 0.1) is 33.5 Å². The molecule has 1 fully saturated rings. The minimum absolute atomic E-state index is 0.0929. The Hall–Kier alpha value is -1.43. The van der Waals surface area contributed by atoms with Crippen molar-refractivity contribution in [2.45, 2.75) is 58.2 Å². The van der Waals surface area contributed by atoms with E-state index in [0.717, 1.165) is 55.7 Å². The van der Waals surface area contributed by atoms with Crippen molar-refractivity contribution in [3.63, 3.8) is 0 Å². The quantitative estimate of drug-likeness (QED) is 0.290. The lowest BCUT2D eigenvalue weighted by Crippen LogP contribution is -2.56. The van der Waals surface area contributed by atoms with Gasteiger partial charge in [0.2, 0.25) is 0 Å². The van der Waals surface area contributed by atoms with Crippen LogP contribution >= 0.6 is 0 Å². The summed E-state index contributed by atoms with van der Waals surface area (Å²) < 4.78 is 18.1. The lowest BCUT2D eigenvalue weighted by atomic mass is 10.1. The predicted octanol–water partition coefficient (Wildman–Crippen LogP) is 3.95. The fourth-order valence-corrected chi connectivity index (χ4v) is 3.58. The van der Waals surface area contributed by atoms with Crippen LogP contribution in [-0.4, -0.2) is 63.1 Å². The maximum Gasteiger partial charge on any atom is 0.306 e. The smallest absolute Gasteiger partial charge is 0.306 e. The van der Waals surface area contributed by atoms with Gasteiger partial charge >= 0.3 is 5.97 Å². The SMILES string of the molecule is CCCCCCCC(=O)O[C@@H](COCc1ccccc1)C[N+]1(C)CCOCC1. The molecule has 5 heteroatoms. The third kappa shape index (κ3) is 9.18. The molecule has 1 atom stereocenters. The van der Waals surface area contributed by atoms with Gasteiger partial charge in [-0.2, -0.15) is 0 Å². The molecule has 1 aliphatic rings. The zero-order valence-corrected chi connectivity index (χ0v) is 17.7. The fraction of sp³-hybridized carbons (Fsp3) is 0.696. The van der Waals surface area contributed by atoms with E-state index < -0.39 is 0 Å². The molecule has 1 aliphatic heterocycles. The molecule has 5 nitrogen and oxygen atoms in total. The van der Waals surface area contributed by atoms with Crippen molar-refractivity contribution in [3.05, 3.63) is 35.9 Å². The minimum Gasteiger partial charge on any atom is -0.454 e. The number of carbonyl (C=O) groups is 1. The number of carbonyl (C=O) groups excluding carboxylic acids is 1. The van der Waals surface area contributed by atoms with Gasteiger partial charge in [-0.15, -0.1) is 0 Å². The van der Waals surface area contributed by atoms with E-state index in [2.05, 4.69) is 14.0 Å². The summed E-state index contributed by atoms with van der Waals surface area (Å²) in [7, 11) is 2.21. The molecule has 1 aromatic carbocycles. The van der Waals surface area contributed by atoms with E-state index in [0.29, 0.717) is 19.6 Å². The van der Waals surface area contributed by atoms with Crippen LogP contribution in [0.3, 0.4) is 0 Å². The van der Waals surface area contributed by atoms with Crippen molar-refractivity contribution < 1.29 is 23.5 Å². The van der Waals surface area contributed by atoms with Crippen LogP contribution in [0.25, 0.3) is 0 Å². The summed E-state index contributed by atoms with van der Waals surface area (Å²) in [5, 5.41) is 0. The van der Waals surface area contributed by atoms with Crippen molar-refractivity contribution >= 4 is 5.97 Å². The van der Waals surface area contributed by atoms with Crippen molar-refractivity contribution in [3.8, 4) is 0 Å². The number of unbranched alkanes of at least 4 members (excludes halogenated alkanes) is 4. The molecule has 0 unspecified atom stereocenters. The Labute approximate surface area is 170 Å². The van der Waals surface area contributed by atoms with Gasteiger partial charge < -0.3 is 18.7 Å². The number of quaternary nitrogens is 1. The van der Waals surface area contributed by atoms with Gasteiger partial charge in [-0.25, -0.2) is 0 Å². The maximum absolute atomic E-state index is 12.4. The average Bonchev–Trinajstić information content (AvgIpc) is 2.69. The van der Waals surface area contributed by atoms with Crippen LogP contribution in [0.15, 0.2) is 30.3 Å². The highest BCUT2D eigenvalue weighted by Gasteiger charge is 2.31. The molecule has 1 heterocycles. The first-order chi connectivity index (χ1) is 13.6. The molecule has 0 N–H and O–H groups in total. The average molecular weight is 393 g/mol. The van der Waals surface area contributed by atoms with E-state index in [1.165, 1.54) is 19.3 Å². The minimum atomic E-state index is -0.213. The Kier molecular flexibility index (Phi) is 10.5. The van der Waals surface area contributed by atoms with Crippen molar-refractivity contribution in [2.24, 2.45) is 0 Å². The number of likely N-dealkylation sites (N-methyl/N-ethyl adjacent to an activating group) is 1. The van der Waals surface area contributed by atoms with Crippen LogP contribution in [0.1, 0.15) is 51.0 Å². The summed E-state index contributed by atoms with van der Waals surface area (Å²) in [6, 6.07) is 10.1. The summed E-state index contributed by atoms with van der Waals surface area (Å²) in [6.07, 6.45) is 5.96. The van der Waals surface area contributed by atoms with Gasteiger partial charge in [0.25, 0.3) is 0 Å². The number of morpholine rings is 1. The molecule has 0 saturated carbocycles. The van der Waals surface area contributed by atoms with E-state index >= 15 is 0 Å². The summed E-state index contributed by atoms with van der Waals surface area (Å²) in [5.41, 5.74) is 1.13. The number of rotatable bonds is 13. The molecule has 0 spiro atoms. The van der Waals surface area contributed by atoms with Crippen LogP contribution in [0.2, 0.25) is 0 Å². The highest BCUT2D eigenvalue weighted by Crippen LogP contribution is 2.13. The maximum atomic E-state index is 12.4. The zero-order chi connectivity index (χ0) is 20.1. The van der Waals surface area contributed by atoms with Crippen molar-refractivity contribution in [1.29, 1.82) is 0 Å². The summed E-state index contributed by atoms with van der Waals surface area (Å²) in [5.74, 6) is -0.0929. The summed E-state index contributed by atoms with van der Waals surface area (Å²) >= 11 is 0. The highest BCUT2D eigenvalue weighted by molar-refractivity contribution is 5.69. The van der Waals surface area contributed by atoms with E-state index in [1.807, 2.05) is 30.3 Å². The first-order valence-electron chi connectivity index (χ1n) is 10.8. The monoisotopic (exact) mass is 392 g/mol. The Balaban J connectivity index is 1.81. The third-order valence-corrected chi connectivity index (χ3v) is 5.39. The lowest BCUT2D eigenvalue weighted by molar-refractivity contribution is -0.919. The van der Waals surface area contributed by atoms with Crippen LogP contribution < -0.4 is 0 Å². The fourth-order valence-electron chi connectivity index (χ4n) is 3.58. The molecule has 1 aromatic rings. The van der Waals surface area contributed by atoms with Gasteiger partial charge in [-0.3, -0.25) is 4.79 Å². The highest BCUT2D eigenvalue weighted by atomic mass is 16.6. The van der Waals surface area contributed by atoms with Crippen molar-refractivity contribution in [1.82, 2.24) is 0 Å². The van der Waals surface area contributed by atoms with Gasteiger partial charge in [0.1, 0.15) is 19.6 Å². The first-order valence-corrected chi connectivity index (χ1v) is 10.8. The van der Waals surface area contributed by atoms with Crippen LogP contribution in [-0.2, 0) is 25.6 Å². The summed E-state index contributed by atoms with van der Waals surface area (Å²) in [4.78, 5) is 12.4. The van der Waals surface area contributed by atoms with Gasteiger partial charge in [0, 0.05) is 6.42 Å². The Morgan fingerprint density at radius 1 is 1.11 bits per heavy atom. The van der Waals surface area contributed by atoms with Crippen LogP contribution in [0.5, 0.6) is 0 Å². The number of hydrogen-bond acceptors (Lipinski definition) is 4. The molecule has 0 aliphatic carbocycles. The molecule has 0 bridgehead atoms. The number of esters is 1. The van der Waals surface area contributed by atoms with E-state index in [4.69, 9.17) is 14.2 Å². The van der Waals surface area contributed by atoms with Gasteiger partial charge in [-0.05, 0) is 12.0 Å². The number of ether oxygens (including phenoxy) is 3. The Bertz CT molecular complexity index is 543. The molecule has 0 amide bonds. The topological polar surface area (TPSA) is 44.8 Å². The van der Waals surface area contributed by atoms with E-state index in [1.54, 1.807) is 0 Å². The standard InChI is InChI=1S/C23H38NO4/c1-3-4-5-6-10-13-23(25)28-22(18-24(2)14-16-26-17-15-24)20-27-19-21-11-8-7-9-12-21/h7-9,11-12,22H,3-6,10,13-20H2,1-2H3/q+1/t22-/m1/s1. The van der Waals surface area contributed by atoms with Gasteiger partial charge in [0.15, 0.2) is 6.10 Å². The van der Waals surface area contributed by atoms with Crippen molar-refractivity contribution in [2.75, 3.05) is 46.5 Å². The normalized spacial score (nSPS) is 17.2. The second-order valence-electron chi connectivity index (χ2n) is 8.14. The second kappa shape index (κ2) is 12.9. The molecular formula is C23H38NO4+. The van der Waals surface area contributed by atoms with Crippen LogP contribution in [0, 0.1) is 0 Å². The second-order valence-corrected chi connectivity index (χ2v) is 8.14. The third-order valence-electron chi connectivity index (χ3n) is 5.39. The molecule has 0 aromatic heterocycles. The van der Waals surface area contributed by atoms with E-state index in [9.17, 15) is 4.79 Å². The van der Waals surface area contributed by atoms with Gasteiger partial charge in [-0.1, -0.05) is 62.9 Å². The number of nitrogens with zero attached hydrogens (tertiary/aromatic N) is 1. The molecule has 158 valence electrons. The largest absolute Gasteiger partial charge is 0.454 e. The Morgan fingerprint density at radius 2 is 1.82 bits per heavy atom. The summed E-state index contributed by atoms with van der Waals surface area (Å²) in [6.45, 7) is 7.37. The van der Waals surface area contributed by atoms with E-state index in [-0.39, 0.29) is 12.1 Å². The number of benzene rings is 1. The predicted molar refractivity (Wildman–Crippen MR) is 111 cm³/mol. The first kappa shape index (κ1) is 22.9. The molecular weight excluding hydrogens is 354 g/mol.